The van der Waals surface area contributed by atoms with E-state index in [0.29, 0.717) is 6.54 Å². The lowest BCUT2D eigenvalue weighted by Gasteiger charge is -2.26. The van der Waals surface area contributed by atoms with Crippen LogP contribution in [0.25, 0.3) is 0 Å². The Morgan fingerprint density at radius 1 is 1.16 bits per heavy atom. The Hall–Kier alpha value is -1.88. The summed E-state index contributed by atoms with van der Waals surface area (Å²) in [6.45, 7) is 6.30. The second kappa shape index (κ2) is 5.01. The molecule has 1 aromatic carbocycles. The lowest BCUT2D eigenvalue weighted by atomic mass is 10.1. The second-order valence-electron chi connectivity index (χ2n) is 5.72. The first-order valence-corrected chi connectivity index (χ1v) is 6.30. The van der Waals surface area contributed by atoms with Crippen LogP contribution in [-0.4, -0.2) is 33.9 Å². The van der Waals surface area contributed by atoms with Crippen molar-refractivity contribution in [1.82, 2.24) is 15.3 Å². The summed E-state index contributed by atoms with van der Waals surface area (Å²) in [5, 5.41) is 1.11. The lowest BCUT2D eigenvalue weighted by Crippen LogP contribution is -2.52. The number of imide groups is 1. The molecule has 1 aromatic rings. The van der Waals surface area contributed by atoms with Crippen molar-refractivity contribution in [2.45, 2.75) is 32.9 Å². The van der Waals surface area contributed by atoms with E-state index in [-0.39, 0.29) is 24.0 Å². The Morgan fingerprint density at radius 3 is 2.37 bits per heavy atom. The number of hydrogen-bond donors (Lipinski definition) is 1. The van der Waals surface area contributed by atoms with Crippen LogP contribution in [0.3, 0.4) is 0 Å². The van der Waals surface area contributed by atoms with E-state index in [2.05, 4.69) is 5.43 Å². The van der Waals surface area contributed by atoms with Gasteiger partial charge < -0.3 is 4.90 Å². The molecular weight excluding hydrogens is 242 g/mol. The first-order chi connectivity index (χ1) is 8.87. The van der Waals surface area contributed by atoms with Crippen LogP contribution in [0.4, 0.5) is 4.79 Å². The molecule has 2 rings (SSSR count). The summed E-state index contributed by atoms with van der Waals surface area (Å²) in [5.41, 5.74) is 3.62. The normalized spacial score (nSPS) is 16.4. The number of amides is 3. The van der Waals surface area contributed by atoms with Crippen molar-refractivity contribution >= 4 is 11.9 Å². The molecule has 0 atom stereocenters. The van der Waals surface area contributed by atoms with Crippen molar-refractivity contribution in [3.8, 4) is 0 Å². The van der Waals surface area contributed by atoms with Crippen molar-refractivity contribution in [1.29, 1.82) is 0 Å². The van der Waals surface area contributed by atoms with E-state index in [4.69, 9.17) is 0 Å². The Balaban J connectivity index is 2.06. The molecule has 5 nitrogen and oxygen atoms in total. The summed E-state index contributed by atoms with van der Waals surface area (Å²) in [6.07, 6.45) is 0. The molecule has 3 amide bonds. The van der Waals surface area contributed by atoms with Crippen molar-refractivity contribution in [2.24, 2.45) is 0 Å². The summed E-state index contributed by atoms with van der Waals surface area (Å²) >= 11 is 0. The predicted molar refractivity (Wildman–Crippen MR) is 72.0 cm³/mol. The molecule has 1 fully saturated rings. The number of benzene rings is 1. The first kappa shape index (κ1) is 13.5. The number of urea groups is 1. The Morgan fingerprint density at radius 2 is 1.79 bits per heavy atom. The van der Waals surface area contributed by atoms with Crippen molar-refractivity contribution in [2.75, 3.05) is 6.54 Å². The summed E-state index contributed by atoms with van der Waals surface area (Å²) < 4.78 is 0. The summed E-state index contributed by atoms with van der Waals surface area (Å²) in [7, 11) is 0. The Kier molecular flexibility index (Phi) is 3.57. The minimum Gasteiger partial charge on any atom is -0.309 e. The molecule has 5 heteroatoms. The number of rotatable bonds is 3. The van der Waals surface area contributed by atoms with Crippen LogP contribution in [-0.2, 0) is 11.3 Å². The Bertz CT molecular complexity index is 479. The van der Waals surface area contributed by atoms with Gasteiger partial charge in [-0.1, -0.05) is 30.3 Å². The lowest BCUT2D eigenvalue weighted by molar-refractivity contribution is -0.128. The van der Waals surface area contributed by atoms with Gasteiger partial charge in [0, 0.05) is 12.1 Å². The van der Waals surface area contributed by atoms with Gasteiger partial charge in [0.1, 0.15) is 6.54 Å². The average molecular weight is 261 g/mol. The topological polar surface area (TPSA) is 52.7 Å². The molecule has 19 heavy (non-hydrogen) atoms. The van der Waals surface area contributed by atoms with E-state index in [1.807, 2.05) is 51.1 Å². The highest BCUT2D eigenvalue weighted by molar-refractivity contribution is 6.01. The maximum absolute atomic E-state index is 12.2. The third-order valence-corrected chi connectivity index (χ3v) is 2.70. The van der Waals surface area contributed by atoms with Gasteiger partial charge in [-0.2, -0.15) is 5.01 Å². The fourth-order valence-electron chi connectivity index (χ4n) is 1.92. The second-order valence-corrected chi connectivity index (χ2v) is 5.72. The molecule has 0 bridgehead atoms. The van der Waals surface area contributed by atoms with Gasteiger partial charge in [0.15, 0.2) is 0 Å². The smallest absolute Gasteiger partial charge is 0.309 e. The molecule has 102 valence electrons. The number of carbonyl (C=O) groups is 2. The van der Waals surface area contributed by atoms with Crippen LogP contribution in [0.5, 0.6) is 0 Å². The van der Waals surface area contributed by atoms with Gasteiger partial charge in [0.25, 0.3) is 5.91 Å². The Labute approximate surface area is 113 Å². The average Bonchev–Trinajstić information content (AvgIpc) is 2.57. The highest BCUT2D eigenvalue weighted by atomic mass is 16.2. The molecule has 1 aliphatic rings. The van der Waals surface area contributed by atoms with Crippen LogP contribution in [0.2, 0.25) is 0 Å². The largest absolute Gasteiger partial charge is 0.342 e. The molecule has 1 aliphatic heterocycles. The van der Waals surface area contributed by atoms with Crippen molar-refractivity contribution < 1.29 is 9.59 Å². The van der Waals surface area contributed by atoms with E-state index in [1.54, 1.807) is 0 Å². The van der Waals surface area contributed by atoms with Crippen molar-refractivity contribution in [3.63, 3.8) is 0 Å². The van der Waals surface area contributed by atoms with Crippen LogP contribution < -0.4 is 5.43 Å². The number of hydrazine groups is 1. The van der Waals surface area contributed by atoms with Gasteiger partial charge in [-0.05, 0) is 26.3 Å². The van der Waals surface area contributed by atoms with Crippen LogP contribution in [0, 0.1) is 0 Å². The quantitative estimate of drug-likeness (QED) is 0.843. The fourth-order valence-corrected chi connectivity index (χ4v) is 1.92. The van der Waals surface area contributed by atoms with Gasteiger partial charge >= 0.3 is 6.03 Å². The molecule has 0 aromatic heterocycles. The molecular formula is C14H19N3O2. The molecule has 0 spiro atoms. The number of carbonyl (C=O) groups excluding carboxylic acids is 2. The van der Waals surface area contributed by atoms with Gasteiger partial charge in [-0.15, -0.1) is 0 Å². The summed E-state index contributed by atoms with van der Waals surface area (Å²) in [4.78, 5) is 25.6. The zero-order valence-electron chi connectivity index (χ0n) is 11.5. The highest BCUT2D eigenvalue weighted by Gasteiger charge is 2.37. The fraction of sp³-hybridized carbons (Fsp3) is 0.429. The van der Waals surface area contributed by atoms with Crippen LogP contribution in [0.15, 0.2) is 30.3 Å². The molecule has 0 aliphatic carbocycles. The predicted octanol–water partition coefficient (Wildman–Crippen LogP) is 1.75. The standard InChI is InChI=1S/C14H19N3O2/c1-14(2,3)15-17-12(18)10-16(13(17)19)9-11-7-5-4-6-8-11/h4-8,15H,9-10H2,1-3H3. The molecule has 1 N–H and O–H groups in total. The third-order valence-electron chi connectivity index (χ3n) is 2.70. The SMILES string of the molecule is CC(C)(C)NN1C(=O)CN(Cc2ccccc2)C1=O. The maximum Gasteiger partial charge on any atom is 0.342 e. The zero-order valence-corrected chi connectivity index (χ0v) is 11.5. The van der Waals surface area contributed by atoms with E-state index in [1.165, 1.54) is 4.90 Å². The van der Waals surface area contributed by atoms with Crippen molar-refractivity contribution in [3.05, 3.63) is 35.9 Å². The maximum atomic E-state index is 12.2. The highest BCUT2D eigenvalue weighted by Crippen LogP contribution is 2.14. The minimum absolute atomic E-state index is 0.122. The van der Waals surface area contributed by atoms with Gasteiger partial charge in [0.05, 0.1) is 0 Å². The number of nitrogens with one attached hydrogen (secondary N) is 1. The molecule has 1 heterocycles. The third kappa shape index (κ3) is 3.32. The number of nitrogens with zero attached hydrogens (tertiary/aromatic N) is 2. The molecule has 0 radical (unpaired) electrons. The van der Waals surface area contributed by atoms with E-state index < -0.39 is 0 Å². The number of hydrogen-bond acceptors (Lipinski definition) is 3. The minimum atomic E-state index is -0.325. The summed E-state index contributed by atoms with van der Waals surface area (Å²) in [6, 6.07) is 9.36. The van der Waals surface area contributed by atoms with Crippen LogP contribution in [0.1, 0.15) is 26.3 Å². The van der Waals surface area contributed by atoms with Crippen LogP contribution >= 0.6 is 0 Å². The van der Waals surface area contributed by atoms with Gasteiger partial charge in [-0.25, -0.2) is 10.2 Å². The summed E-state index contributed by atoms with van der Waals surface area (Å²) in [5.74, 6) is -0.212. The molecule has 0 saturated carbocycles. The van der Waals surface area contributed by atoms with Gasteiger partial charge in [-0.3, -0.25) is 4.79 Å². The molecule has 0 unspecified atom stereocenters. The van der Waals surface area contributed by atoms with E-state index >= 15 is 0 Å². The monoisotopic (exact) mass is 261 g/mol. The van der Waals surface area contributed by atoms with E-state index in [0.717, 1.165) is 10.6 Å². The zero-order chi connectivity index (χ0) is 14.0. The molecule has 1 saturated heterocycles. The van der Waals surface area contributed by atoms with E-state index in [9.17, 15) is 9.59 Å². The van der Waals surface area contributed by atoms with Gasteiger partial charge in [0.2, 0.25) is 0 Å². The first-order valence-electron chi connectivity index (χ1n) is 6.30.